The molecule has 3 amide bonds. The number of para-hydroxylation sites is 1. The van der Waals surface area contributed by atoms with Gasteiger partial charge in [-0.25, -0.2) is 0 Å². The quantitative estimate of drug-likeness (QED) is 0.637. The highest BCUT2D eigenvalue weighted by Crippen LogP contribution is 2.18. The normalized spacial score (nSPS) is 15.3. The Morgan fingerprint density at radius 3 is 2.42 bits per heavy atom. The van der Waals surface area contributed by atoms with Crippen LogP contribution in [0, 0.1) is 0 Å². The Bertz CT molecular complexity index is 931. The van der Waals surface area contributed by atoms with E-state index in [0.29, 0.717) is 30.2 Å². The lowest BCUT2D eigenvalue weighted by Crippen LogP contribution is -2.47. The first kappa shape index (κ1) is 22.1. The van der Waals surface area contributed by atoms with E-state index in [-0.39, 0.29) is 19.0 Å². The van der Waals surface area contributed by atoms with Gasteiger partial charge in [0.25, 0.3) is 5.91 Å². The van der Waals surface area contributed by atoms with Crippen molar-refractivity contribution in [3.63, 3.8) is 0 Å². The molecule has 1 atom stereocenters. The summed E-state index contributed by atoms with van der Waals surface area (Å²) in [5.41, 5.74) is 1.23. The Kier molecular flexibility index (Phi) is 7.45. The van der Waals surface area contributed by atoms with Crippen molar-refractivity contribution in [3.8, 4) is 11.5 Å². The van der Waals surface area contributed by atoms with E-state index in [0.717, 1.165) is 5.56 Å². The van der Waals surface area contributed by atoms with Crippen molar-refractivity contribution in [2.75, 3.05) is 33.9 Å². The standard InChI is InChI=1S/C22H25N3O6/c1-29-17-9-7-15(8-10-17)22(28)25-11-12-31-19(25)14-24-21(27)20(26)23-13-16-5-3-4-6-18(16)30-2/h3-10,19H,11-14H2,1-2H3,(H,23,26)(H,24,27). The first-order valence-corrected chi connectivity index (χ1v) is 9.78. The monoisotopic (exact) mass is 427 g/mol. The van der Waals surface area contributed by atoms with Crippen LogP contribution in [0.3, 0.4) is 0 Å². The van der Waals surface area contributed by atoms with Crippen LogP contribution in [-0.2, 0) is 20.9 Å². The first-order valence-electron chi connectivity index (χ1n) is 9.78. The highest BCUT2D eigenvalue weighted by Gasteiger charge is 2.31. The predicted octanol–water partition coefficient (Wildman–Crippen LogP) is 0.935. The summed E-state index contributed by atoms with van der Waals surface area (Å²) in [5.74, 6) is -0.536. The van der Waals surface area contributed by atoms with E-state index < -0.39 is 18.0 Å². The van der Waals surface area contributed by atoms with Crippen LogP contribution in [0.2, 0.25) is 0 Å². The number of hydrogen-bond donors (Lipinski definition) is 2. The van der Waals surface area contributed by atoms with Gasteiger partial charge in [-0.05, 0) is 30.3 Å². The van der Waals surface area contributed by atoms with Gasteiger partial charge in [-0.1, -0.05) is 18.2 Å². The highest BCUT2D eigenvalue weighted by molar-refractivity contribution is 6.35. The molecule has 9 nitrogen and oxygen atoms in total. The maximum atomic E-state index is 12.8. The summed E-state index contributed by atoms with van der Waals surface area (Å²) < 4.78 is 15.9. The molecule has 2 aromatic rings. The van der Waals surface area contributed by atoms with Gasteiger partial charge in [-0.3, -0.25) is 14.4 Å². The molecule has 1 aliphatic rings. The summed E-state index contributed by atoms with van der Waals surface area (Å²) in [6, 6.07) is 13.9. The lowest BCUT2D eigenvalue weighted by Gasteiger charge is -2.23. The predicted molar refractivity (Wildman–Crippen MR) is 112 cm³/mol. The number of hydrogen-bond acceptors (Lipinski definition) is 6. The van der Waals surface area contributed by atoms with Gasteiger partial charge < -0.3 is 29.7 Å². The van der Waals surface area contributed by atoms with Crippen molar-refractivity contribution in [1.29, 1.82) is 0 Å². The second-order valence-electron chi connectivity index (χ2n) is 6.76. The van der Waals surface area contributed by atoms with Crippen molar-refractivity contribution in [2.45, 2.75) is 12.8 Å². The third kappa shape index (κ3) is 5.52. The lowest BCUT2D eigenvalue weighted by atomic mass is 10.2. The van der Waals surface area contributed by atoms with Gasteiger partial charge in [0.05, 0.1) is 27.4 Å². The molecule has 1 aliphatic heterocycles. The third-order valence-electron chi connectivity index (χ3n) is 4.86. The van der Waals surface area contributed by atoms with Crippen molar-refractivity contribution in [2.24, 2.45) is 0 Å². The van der Waals surface area contributed by atoms with Crippen LogP contribution in [0.5, 0.6) is 11.5 Å². The number of benzene rings is 2. The molecular weight excluding hydrogens is 402 g/mol. The zero-order valence-electron chi connectivity index (χ0n) is 17.4. The molecule has 1 saturated heterocycles. The minimum Gasteiger partial charge on any atom is -0.497 e. The van der Waals surface area contributed by atoms with E-state index in [1.54, 1.807) is 43.5 Å². The Morgan fingerprint density at radius 1 is 1.00 bits per heavy atom. The Labute approximate surface area is 180 Å². The van der Waals surface area contributed by atoms with Gasteiger partial charge in [-0.15, -0.1) is 0 Å². The second kappa shape index (κ2) is 10.4. The summed E-state index contributed by atoms with van der Waals surface area (Å²) in [4.78, 5) is 38.6. The van der Waals surface area contributed by atoms with E-state index in [9.17, 15) is 14.4 Å². The second-order valence-corrected chi connectivity index (χ2v) is 6.76. The average Bonchev–Trinajstić information content (AvgIpc) is 3.29. The number of carbonyl (C=O) groups is 3. The van der Waals surface area contributed by atoms with Gasteiger partial charge in [0.2, 0.25) is 0 Å². The van der Waals surface area contributed by atoms with Crippen LogP contribution in [-0.4, -0.2) is 62.8 Å². The Hall–Kier alpha value is -3.59. The molecule has 0 bridgehead atoms. The summed E-state index contributed by atoms with van der Waals surface area (Å²) in [5, 5.41) is 5.08. The summed E-state index contributed by atoms with van der Waals surface area (Å²) in [7, 11) is 3.09. The summed E-state index contributed by atoms with van der Waals surface area (Å²) >= 11 is 0. The molecule has 2 N–H and O–H groups in total. The van der Waals surface area contributed by atoms with Crippen LogP contribution in [0.1, 0.15) is 15.9 Å². The molecule has 0 radical (unpaired) electrons. The zero-order chi connectivity index (χ0) is 22.2. The van der Waals surface area contributed by atoms with Crippen molar-refractivity contribution < 1.29 is 28.6 Å². The highest BCUT2D eigenvalue weighted by atomic mass is 16.5. The number of rotatable bonds is 7. The van der Waals surface area contributed by atoms with Gasteiger partial charge >= 0.3 is 11.8 Å². The van der Waals surface area contributed by atoms with Crippen LogP contribution >= 0.6 is 0 Å². The smallest absolute Gasteiger partial charge is 0.309 e. The molecule has 1 fully saturated rings. The zero-order valence-corrected chi connectivity index (χ0v) is 17.4. The molecule has 0 aliphatic carbocycles. The molecule has 2 aromatic carbocycles. The summed E-state index contributed by atoms with van der Waals surface area (Å²) in [6.07, 6.45) is -0.652. The van der Waals surface area contributed by atoms with Crippen LogP contribution in [0.15, 0.2) is 48.5 Å². The molecule has 9 heteroatoms. The molecule has 1 unspecified atom stereocenters. The number of ether oxygens (including phenoxy) is 3. The lowest BCUT2D eigenvalue weighted by molar-refractivity contribution is -0.139. The van der Waals surface area contributed by atoms with Crippen LogP contribution in [0.25, 0.3) is 0 Å². The molecule has 0 saturated carbocycles. The van der Waals surface area contributed by atoms with E-state index >= 15 is 0 Å². The molecule has 0 spiro atoms. The maximum absolute atomic E-state index is 12.8. The minimum atomic E-state index is -0.803. The van der Waals surface area contributed by atoms with Gasteiger partial charge in [0, 0.05) is 24.2 Å². The van der Waals surface area contributed by atoms with Crippen molar-refractivity contribution in [3.05, 3.63) is 59.7 Å². The molecule has 1 heterocycles. The van der Waals surface area contributed by atoms with Crippen molar-refractivity contribution >= 4 is 17.7 Å². The molecule has 0 aromatic heterocycles. The minimum absolute atomic E-state index is 0.00278. The van der Waals surface area contributed by atoms with E-state index in [2.05, 4.69) is 10.6 Å². The van der Waals surface area contributed by atoms with E-state index in [1.165, 1.54) is 12.0 Å². The molecule has 31 heavy (non-hydrogen) atoms. The number of methoxy groups -OCH3 is 2. The van der Waals surface area contributed by atoms with Gasteiger partial charge in [0.1, 0.15) is 17.7 Å². The fourth-order valence-electron chi connectivity index (χ4n) is 3.19. The Balaban J connectivity index is 1.51. The number of nitrogens with zero attached hydrogens (tertiary/aromatic N) is 1. The number of amides is 3. The van der Waals surface area contributed by atoms with Gasteiger partial charge in [0.15, 0.2) is 0 Å². The van der Waals surface area contributed by atoms with Gasteiger partial charge in [-0.2, -0.15) is 0 Å². The fourth-order valence-corrected chi connectivity index (χ4v) is 3.19. The van der Waals surface area contributed by atoms with E-state index in [4.69, 9.17) is 14.2 Å². The largest absolute Gasteiger partial charge is 0.497 e. The van der Waals surface area contributed by atoms with Crippen LogP contribution in [0.4, 0.5) is 0 Å². The number of nitrogens with one attached hydrogen (secondary N) is 2. The van der Waals surface area contributed by atoms with E-state index in [1.807, 2.05) is 12.1 Å². The Morgan fingerprint density at radius 2 is 1.71 bits per heavy atom. The molecule has 3 rings (SSSR count). The average molecular weight is 427 g/mol. The fraction of sp³-hybridized carbons (Fsp3) is 0.318. The SMILES string of the molecule is COc1ccc(C(=O)N2CCOC2CNC(=O)C(=O)NCc2ccccc2OC)cc1. The van der Waals surface area contributed by atoms with Crippen LogP contribution < -0.4 is 20.1 Å². The topological polar surface area (TPSA) is 106 Å². The maximum Gasteiger partial charge on any atom is 0.309 e. The number of carbonyl (C=O) groups excluding carboxylic acids is 3. The third-order valence-corrected chi connectivity index (χ3v) is 4.86. The first-order chi connectivity index (χ1) is 15.0. The molecule has 164 valence electrons. The van der Waals surface area contributed by atoms with Crippen molar-refractivity contribution in [1.82, 2.24) is 15.5 Å². The molecular formula is C22H25N3O6. The summed E-state index contributed by atoms with van der Waals surface area (Å²) in [6.45, 7) is 0.898.